The van der Waals surface area contributed by atoms with Gasteiger partial charge in [0.1, 0.15) is 5.65 Å². The van der Waals surface area contributed by atoms with E-state index >= 15 is 0 Å². The highest BCUT2D eigenvalue weighted by atomic mass is 16.2. The summed E-state index contributed by atoms with van der Waals surface area (Å²) in [5.41, 5.74) is 5.94. The molecular weight excluding hydrogens is 384 g/mol. The number of aryl methyl sites for hydroxylation is 2. The zero-order valence-electron chi connectivity index (χ0n) is 18.7. The molecular formula is C26H32N4O. The van der Waals surface area contributed by atoms with Gasteiger partial charge in [-0.3, -0.25) is 9.69 Å². The summed E-state index contributed by atoms with van der Waals surface area (Å²) >= 11 is 0. The second kappa shape index (κ2) is 8.12. The van der Waals surface area contributed by atoms with Gasteiger partial charge in [0.25, 0.3) is 0 Å². The summed E-state index contributed by atoms with van der Waals surface area (Å²) in [6.07, 6.45) is 7.06. The second-order valence-electron chi connectivity index (χ2n) is 9.39. The van der Waals surface area contributed by atoms with Gasteiger partial charge in [0.05, 0.1) is 5.69 Å². The Morgan fingerprint density at radius 2 is 1.81 bits per heavy atom. The first-order valence-corrected chi connectivity index (χ1v) is 11.6. The molecule has 1 amide bonds. The molecule has 0 N–H and O–H groups in total. The molecule has 162 valence electrons. The number of carbonyl (C=O) groups excluding carboxylic acids is 1. The third kappa shape index (κ3) is 3.87. The van der Waals surface area contributed by atoms with Crippen LogP contribution in [0.4, 0.5) is 0 Å². The van der Waals surface area contributed by atoms with E-state index in [-0.39, 0.29) is 5.54 Å². The summed E-state index contributed by atoms with van der Waals surface area (Å²) in [4.78, 5) is 22.5. The molecule has 31 heavy (non-hydrogen) atoms. The smallest absolute Gasteiger partial charge is 0.223 e. The number of hydrogen-bond acceptors (Lipinski definition) is 3. The lowest BCUT2D eigenvalue weighted by Gasteiger charge is -2.38. The highest BCUT2D eigenvalue weighted by Gasteiger charge is 2.45. The molecule has 3 aromatic rings. The molecule has 1 atom stereocenters. The molecule has 2 aliphatic heterocycles. The molecule has 5 nitrogen and oxygen atoms in total. The molecule has 1 aromatic carbocycles. The Morgan fingerprint density at radius 3 is 2.61 bits per heavy atom. The summed E-state index contributed by atoms with van der Waals surface area (Å²) in [5.74, 6) is 0.324. The lowest BCUT2D eigenvalue weighted by molar-refractivity contribution is -0.132. The summed E-state index contributed by atoms with van der Waals surface area (Å²) in [6, 6.07) is 14.8. The van der Waals surface area contributed by atoms with Crippen molar-refractivity contribution in [1.82, 2.24) is 19.2 Å². The van der Waals surface area contributed by atoms with Crippen LogP contribution in [0.15, 0.2) is 48.7 Å². The fraction of sp³-hybridized carbons (Fsp3) is 0.462. The number of hydrogen-bond donors (Lipinski definition) is 0. The van der Waals surface area contributed by atoms with Crippen LogP contribution >= 0.6 is 0 Å². The maximum Gasteiger partial charge on any atom is 0.223 e. The Bertz CT molecular complexity index is 1090. The Morgan fingerprint density at radius 1 is 0.968 bits per heavy atom. The van der Waals surface area contributed by atoms with Gasteiger partial charge in [-0.05, 0) is 63.8 Å². The van der Waals surface area contributed by atoms with E-state index in [1.165, 1.54) is 22.5 Å². The van der Waals surface area contributed by atoms with Crippen LogP contribution in [0, 0.1) is 13.8 Å². The van der Waals surface area contributed by atoms with Gasteiger partial charge in [-0.1, -0.05) is 35.9 Å². The number of nitrogens with zero attached hydrogens (tertiary/aromatic N) is 4. The number of rotatable bonds is 4. The van der Waals surface area contributed by atoms with Crippen molar-refractivity contribution in [3.8, 4) is 0 Å². The van der Waals surface area contributed by atoms with Crippen molar-refractivity contribution < 1.29 is 4.79 Å². The molecule has 2 fully saturated rings. The Kier molecular flexibility index (Phi) is 5.30. The van der Waals surface area contributed by atoms with E-state index in [0.29, 0.717) is 12.3 Å². The minimum Gasteiger partial charge on any atom is -0.333 e. The van der Waals surface area contributed by atoms with Gasteiger partial charge in [0.15, 0.2) is 0 Å². The monoisotopic (exact) mass is 416 g/mol. The van der Waals surface area contributed by atoms with Gasteiger partial charge in [-0.25, -0.2) is 4.98 Å². The SMILES string of the molecule is Cc1ccc(CN2C(=O)CC[C@]23CCCN(Cc2nc4ccccn4c2C)CC3)cc1. The van der Waals surface area contributed by atoms with Crippen molar-refractivity contribution in [2.24, 2.45) is 0 Å². The fourth-order valence-electron chi connectivity index (χ4n) is 5.45. The molecule has 5 heteroatoms. The van der Waals surface area contributed by atoms with Crippen LogP contribution in [-0.4, -0.2) is 43.7 Å². The Labute approximate surface area is 184 Å². The minimum atomic E-state index is 0.0185. The van der Waals surface area contributed by atoms with Crippen LogP contribution in [0.25, 0.3) is 5.65 Å². The van der Waals surface area contributed by atoms with Gasteiger partial charge < -0.3 is 9.30 Å². The molecule has 2 aliphatic rings. The summed E-state index contributed by atoms with van der Waals surface area (Å²) in [5, 5.41) is 0. The Hall–Kier alpha value is -2.66. The van der Waals surface area contributed by atoms with E-state index in [0.717, 1.165) is 57.5 Å². The van der Waals surface area contributed by atoms with Gasteiger partial charge in [0.2, 0.25) is 5.91 Å². The lowest BCUT2D eigenvalue weighted by atomic mass is 9.87. The molecule has 0 aliphatic carbocycles. The van der Waals surface area contributed by atoms with Crippen LogP contribution in [0.1, 0.15) is 54.6 Å². The predicted octanol–water partition coefficient (Wildman–Crippen LogP) is 4.50. The van der Waals surface area contributed by atoms with Gasteiger partial charge >= 0.3 is 0 Å². The van der Waals surface area contributed by atoms with Crippen LogP contribution < -0.4 is 0 Å². The standard InChI is InChI=1S/C26H32N4O/c1-20-7-9-22(10-8-20)18-30-25(31)11-13-26(30)12-5-15-28(17-14-26)19-23-21(2)29-16-4-3-6-24(29)27-23/h3-4,6-10,16H,5,11-15,17-19H2,1-2H3/t26-/m0/s1. The van der Waals surface area contributed by atoms with Crippen molar-refractivity contribution in [2.45, 2.75) is 64.6 Å². The predicted molar refractivity (Wildman–Crippen MR) is 123 cm³/mol. The first kappa shape index (κ1) is 20.3. The molecule has 5 rings (SSSR count). The molecule has 0 unspecified atom stereocenters. The zero-order valence-corrected chi connectivity index (χ0v) is 18.7. The molecule has 1 spiro atoms. The van der Waals surface area contributed by atoms with E-state index in [1.807, 2.05) is 6.07 Å². The van der Waals surface area contributed by atoms with E-state index < -0.39 is 0 Å². The first-order chi connectivity index (χ1) is 15.0. The maximum atomic E-state index is 12.8. The number of likely N-dealkylation sites (tertiary alicyclic amines) is 2. The van der Waals surface area contributed by atoms with Crippen LogP contribution in [-0.2, 0) is 17.9 Å². The summed E-state index contributed by atoms with van der Waals surface area (Å²) < 4.78 is 2.17. The topological polar surface area (TPSA) is 40.9 Å². The number of pyridine rings is 1. The van der Waals surface area contributed by atoms with Crippen molar-refractivity contribution in [3.05, 3.63) is 71.2 Å². The van der Waals surface area contributed by atoms with E-state index in [9.17, 15) is 4.79 Å². The quantitative estimate of drug-likeness (QED) is 0.629. The number of imidazole rings is 1. The lowest BCUT2D eigenvalue weighted by Crippen LogP contribution is -2.45. The minimum absolute atomic E-state index is 0.0185. The average Bonchev–Trinajstić information content (AvgIpc) is 3.15. The summed E-state index contributed by atoms with van der Waals surface area (Å²) in [7, 11) is 0. The molecule has 4 heterocycles. The Balaban J connectivity index is 1.31. The number of amides is 1. The average molecular weight is 417 g/mol. The van der Waals surface area contributed by atoms with Crippen LogP contribution in [0.2, 0.25) is 0 Å². The molecule has 2 saturated heterocycles. The maximum absolute atomic E-state index is 12.8. The highest BCUT2D eigenvalue weighted by Crippen LogP contribution is 2.40. The van der Waals surface area contributed by atoms with Crippen molar-refractivity contribution in [1.29, 1.82) is 0 Å². The number of carbonyl (C=O) groups is 1. The largest absolute Gasteiger partial charge is 0.333 e. The van der Waals surface area contributed by atoms with Gasteiger partial charge in [-0.2, -0.15) is 0 Å². The second-order valence-corrected chi connectivity index (χ2v) is 9.39. The number of benzene rings is 1. The van der Waals surface area contributed by atoms with Crippen molar-refractivity contribution >= 4 is 11.6 Å². The van der Waals surface area contributed by atoms with Crippen molar-refractivity contribution in [3.63, 3.8) is 0 Å². The molecule has 0 radical (unpaired) electrons. The normalized spacial score (nSPS) is 22.5. The molecule has 0 saturated carbocycles. The van der Waals surface area contributed by atoms with Gasteiger partial charge in [-0.15, -0.1) is 0 Å². The molecule has 0 bridgehead atoms. The van der Waals surface area contributed by atoms with Crippen LogP contribution in [0.5, 0.6) is 0 Å². The van der Waals surface area contributed by atoms with Crippen LogP contribution in [0.3, 0.4) is 0 Å². The van der Waals surface area contributed by atoms with E-state index in [2.05, 4.69) is 70.6 Å². The number of fused-ring (bicyclic) bond motifs is 1. The number of aromatic nitrogens is 2. The third-order valence-corrected chi connectivity index (χ3v) is 7.39. The van der Waals surface area contributed by atoms with E-state index in [4.69, 9.17) is 4.98 Å². The zero-order chi connectivity index (χ0) is 21.4. The highest BCUT2D eigenvalue weighted by molar-refractivity contribution is 5.79. The molecule has 2 aromatic heterocycles. The van der Waals surface area contributed by atoms with Gasteiger partial charge in [0, 0.05) is 43.5 Å². The fourth-order valence-corrected chi connectivity index (χ4v) is 5.45. The summed E-state index contributed by atoms with van der Waals surface area (Å²) in [6.45, 7) is 7.98. The van der Waals surface area contributed by atoms with E-state index in [1.54, 1.807) is 0 Å². The third-order valence-electron chi connectivity index (χ3n) is 7.39. The first-order valence-electron chi connectivity index (χ1n) is 11.6. The van der Waals surface area contributed by atoms with Crippen molar-refractivity contribution in [2.75, 3.05) is 13.1 Å².